The van der Waals surface area contributed by atoms with Gasteiger partial charge in [-0.05, 0) is 36.4 Å². The molecule has 0 unspecified atom stereocenters. The summed E-state index contributed by atoms with van der Waals surface area (Å²) in [6.07, 6.45) is 0. The van der Waals surface area contributed by atoms with Crippen LogP contribution >= 0.6 is 7.26 Å². The summed E-state index contributed by atoms with van der Waals surface area (Å²) in [4.78, 5) is 0. The van der Waals surface area contributed by atoms with Gasteiger partial charge in [0.1, 0.15) is 35.3 Å². The minimum absolute atomic E-state index is 0. The molecule has 3 aromatic rings. The van der Waals surface area contributed by atoms with E-state index < -0.39 is 12.4 Å². The van der Waals surface area contributed by atoms with Crippen molar-refractivity contribution in [3.05, 3.63) is 91.0 Å². The Bertz CT molecular complexity index is 818. The van der Waals surface area contributed by atoms with Crippen LogP contribution < -0.4 is 15.9 Å². The molecule has 131 valence electrons. The average molecular weight is 538 g/mol. The second-order valence-corrected chi connectivity index (χ2v) is 9.76. The molecule has 0 N–H and O–H groups in total. The summed E-state index contributed by atoms with van der Waals surface area (Å²) < 4.78 is 0. The first-order valence-electron chi connectivity index (χ1n) is 8.07. The molecule has 2 nitrogen and oxygen atoms in total. The summed E-state index contributed by atoms with van der Waals surface area (Å²) >= 11 is 0. The van der Waals surface area contributed by atoms with Gasteiger partial charge in [-0.2, -0.15) is 10.5 Å². The molecule has 0 aliphatic heterocycles. The van der Waals surface area contributed by atoms with E-state index in [9.17, 15) is 10.5 Å². The molecule has 0 aliphatic rings. The van der Waals surface area contributed by atoms with Gasteiger partial charge >= 0.3 is 0 Å². The maximum absolute atomic E-state index is 10.1. The molecule has 0 fully saturated rings. The first-order valence-corrected chi connectivity index (χ1v) is 9.86. The minimum Gasteiger partial charge on any atom is -0.192 e. The second kappa shape index (κ2) is 8.46. The molecule has 0 atom stereocenters. The van der Waals surface area contributed by atoms with E-state index in [1.54, 1.807) is 6.92 Å². The Hall–Kier alpha value is -2.19. The van der Waals surface area contributed by atoms with Gasteiger partial charge < -0.3 is 0 Å². The standard InChI is InChI=1S/C22H18N2P.Au/c1-22(17-23,18-24)25(19-11-5-2-6-12-19,20-13-7-3-8-14-20)21-15-9-4-10-16-21;/h2-16H,1H3;/q+1;. The van der Waals surface area contributed by atoms with Crippen molar-refractivity contribution in [3.8, 4) is 12.1 Å². The van der Waals surface area contributed by atoms with E-state index in [4.69, 9.17) is 0 Å². The van der Waals surface area contributed by atoms with Crippen molar-refractivity contribution in [1.82, 2.24) is 0 Å². The summed E-state index contributed by atoms with van der Waals surface area (Å²) in [5.41, 5.74) is 0. The topological polar surface area (TPSA) is 47.6 Å². The van der Waals surface area contributed by atoms with E-state index in [-0.39, 0.29) is 22.4 Å². The van der Waals surface area contributed by atoms with E-state index in [0.29, 0.717) is 0 Å². The molecule has 4 heteroatoms. The van der Waals surface area contributed by atoms with E-state index in [2.05, 4.69) is 12.1 Å². The van der Waals surface area contributed by atoms with Crippen LogP contribution in [0.3, 0.4) is 0 Å². The number of hydrogen-bond acceptors (Lipinski definition) is 2. The molecular weight excluding hydrogens is 520 g/mol. The second-order valence-electron chi connectivity index (χ2n) is 5.97. The molecule has 3 rings (SSSR count). The third-order valence-corrected chi connectivity index (χ3v) is 9.30. The van der Waals surface area contributed by atoms with Crippen LogP contribution in [0, 0.1) is 22.7 Å². The molecule has 1 radical (unpaired) electrons. The normalized spacial score (nSPS) is 10.9. The number of benzene rings is 3. The van der Waals surface area contributed by atoms with Crippen molar-refractivity contribution in [2.75, 3.05) is 0 Å². The summed E-state index contributed by atoms with van der Waals surface area (Å²) in [6, 6.07) is 34.7. The van der Waals surface area contributed by atoms with Gasteiger partial charge in [0.25, 0.3) is 5.16 Å². The summed E-state index contributed by atoms with van der Waals surface area (Å²) in [5.74, 6) is 0. The van der Waals surface area contributed by atoms with Crippen molar-refractivity contribution in [3.63, 3.8) is 0 Å². The van der Waals surface area contributed by atoms with Crippen LogP contribution in [0.2, 0.25) is 0 Å². The minimum atomic E-state index is -2.50. The summed E-state index contributed by atoms with van der Waals surface area (Å²) in [6.45, 7) is 1.77. The van der Waals surface area contributed by atoms with E-state index in [1.807, 2.05) is 91.0 Å². The van der Waals surface area contributed by atoms with Crippen LogP contribution in [-0.4, -0.2) is 5.16 Å². The van der Waals surface area contributed by atoms with Crippen LogP contribution in [0.15, 0.2) is 91.0 Å². The van der Waals surface area contributed by atoms with Crippen LogP contribution in [0.5, 0.6) is 0 Å². The Morgan fingerprint density at radius 1 is 0.615 bits per heavy atom. The first kappa shape index (κ1) is 20.1. The fourth-order valence-electron chi connectivity index (χ4n) is 3.35. The van der Waals surface area contributed by atoms with Gasteiger partial charge in [0.15, 0.2) is 0 Å². The maximum Gasteiger partial charge on any atom is 0.259 e. The third-order valence-electron chi connectivity index (χ3n) is 4.54. The summed E-state index contributed by atoms with van der Waals surface area (Å²) in [5, 5.41) is 22.1. The van der Waals surface area contributed by atoms with Gasteiger partial charge in [0.2, 0.25) is 0 Å². The Labute approximate surface area is 171 Å². The van der Waals surface area contributed by atoms with Crippen molar-refractivity contribution >= 4 is 23.2 Å². The van der Waals surface area contributed by atoms with E-state index in [1.165, 1.54) is 0 Å². The molecular formula is C22H18AuN2P+. The van der Waals surface area contributed by atoms with Crippen LogP contribution in [0.1, 0.15) is 6.92 Å². The molecule has 0 saturated carbocycles. The molecule has 0 saturated heterocycles. The zero-order valence-electron chi connectivity index (χ0n) is 14.3. The van der Waals surface area contributed by atoms with Gasteiger partial charge in [0, 0.05) is 29.3 Å². The Morgan fingerprint density at radius 2 is 0.885 bits per heavy atom. The van der Waals surface area contributed by atoms with E-state index >= 15 is 0 Å². The van der Waals surface area contributed by atoms with Crippen LogP contribution in [0.25, 0.3) is 0 Å². The Kier molecular flexibility index (Phi) is 6.55. The van der Waals surface area contributed by atoms with Gasteiger partial charge in [-0.25, -0.2) is 0 Å². The monoisotopic (exact) mass is 538 g/mol. The van der Waals surface area contributed by atoms with Crippen LogP contribution in [-0.2, 0) is 22.4 Å². The zero-order chi connectivity index (χ0) is 17.8. The molecule has 0 amide bonds. The van der Waals surface area contributed by atoms with E-state index in [0.717, 1.165) is 15.9 Å². The number of nitriles is 2. The zero-order valence-corrected chi connectivity index (χ0v) is 17.4. The van der Waals surface area contributed by atoms with Crippen molar-refractivity contribution in [1.29, 1.82) is 10.5 Å². The predicted molar refractivity (Wildman–Crippen MR) is 105 cm³/mol. The Balaban J connectivity index is 0.00000243. The molecule has 0 spiro atoms. The maximum atomic E-state index is 10.1. The quantitative estimate of drug-likeness (QED) is 0.375. The van der Waals surface area contributed by atoms with Crippen molar-refractivity contribution in [2.45, 2.75) is 12.1 Å². The fourth-order valence-corrected chi connectivity index (χ4v) is 7.95. The molecule has 3 aromatic carbocycles. The third kappa shape index (κ3) is 3.14. The van der Waals surface area contributed by atoms with Crippen LogP contribution in [0.4, 0.5) is 0 Å². The predicted octanol–water partition coefficient (Wildman–Crippen LogP) is 3.78. The fraction of sp³-hybridized carbons (Fsp3) is 0.0909. The van der Waals surface area contributed by atoms with Gasteiger partial charge in [-0.3, -0.25) is 0 Å². The van der Waals surface area contributed by atoms with Gasteiger partial charge in [0.05, 0.1) is 0 Å². The average Bonchev–Trinajstić information content (AvgIpc) is 2.71. The Morgan fingerprint density at radius 3 is 1.12 bits per heavy atom. The molecule has 0 aromatic heterocycles. The molecule has 26 heavy (non-hydrogen) atoms. The van der Waals surface area contributed by atoms with Crippen molar-refractivity contribution < 1.29 is 22.4 Å². The molecule has 0 aliphatic carbocycles. The van der Waals surface area contributed by atoms with Crippen molar-refractivity contribution in [2.24, 2.45) is 0 Å². The number of nitrogens with zero attached hydrogens (tertiary/aromatic N) is 2. The van der Waals surface area contributed by atoms with Gasteiger partial charge in [-0.1, -0.05) is 54.6 Å². The molecule has 0 bridgehead atoms. The largest absolute Gasteiger partial charge is 0.259 e. The summed E-state index contributed by atoms with van der Waals surface area (Å²) in [7, 11) is -2.50. The smallest absolute Gasteiger partial charge is 0.192 e. The number of rotatable bonds is 4. The number of hydrogen-bond donors (Lipinski definition) is 0. The molecule has 0 heterocycles. The SMILES string of the molecule is CC(C#N)(C#N)[P+](c1ccccc1)(c1ccccc1)c1ccccc1.[Au]. The first-order chi connectivity index (χ1) is 12.2. The van der Waals surface area contributed by atoms with Gasteiger partial charge in [-0.15, -0.1) is 0 Å².